The SMILES string of the molecule is NC(N)=Nc1cccc2c1P(O)(=S)Oc1ccccc1-2. The molecule has 0 fully saturated rings. The van der Waals surface area contributed by atoms with Gasteiger partial charge < -0.3 is 20.9 Å². The van der Waals surface area contributed by atoms with E-state index in [0.717, 1.165) is 11.1 Å². The molecule has 0 bridgehead atoms. The monoisotopic (exact) mass is 305 g/mol. The average molecular weight is 305 g/mol. The largest absolute Gasteiger partial charge is 0.440 e. The summed E-state index contributed by atoms with van der Waals surface area (Å²) in [4.78, 5) is 14.6. The van der Waals surface area contributed by atoms with Gasteiger partial charge in [0.2, 0.25) is 0 Å². The number of aliphatic imine (C=N–C) groups is 1. The van der Waals surface area contributed by atoms with E-state index in [1.807, 2.05) is 30.3 Å². The molecular weight excluding hydrogens is 293 g/mol. The Bertz CT molecular complexity index is 772. The van der Waals surface area contributed by atoms with Crippen molar-refractivity contribution >= 4 is 35.3 Å². The van der Waals surface area contributed by atoms with Crippen LogP contribution in [0.15, 0.2) is 47.5 Å². The molecule has 5 N–H and O–H groups in total. The molecule has 0 aromatic heterocycles. The van der Waals surface area contributed by atoms with Crippen LogP contribution in [0, 0.1) is 0 Å². The zero-order chi connectivity index (χ0) is 14.3. The molecule has 102 valence electrons. The number of nitrogens with zero attached hydrogens (tertiary/aromatic N) is 1. The van der Waals surface area contributed by atoms with Gasteiger partial charge in [-0.3, -0.25) is 0 Å². The van der Waals surface area contributed by atoms with Crippen molar-refractivity contribution in [3.8, 4) is 16.9 Å². The number of benzene rings is 2. The van der Waals surface area contributed by atoms with E-state index >= 15 is 0 Å². The van der Waals surface area contributed by atoms with Crippen LogP contribution in [0.5, 0.6) is 5.75 Å². The highest BCUT2D eigenvalue weighted by Gasteiger charge is 2.32. The fourth-order valence-electron chi connectivity index (χ4n) is 2.22. The van der Waals surface area contributed by atoms with Crippen molar-refractivity contribution in [1.29, 1.82) is 0 Å². The first kappa shape index (κ1) is 13.1. The maximum absolute atomic E-state index is 10.5. The summed E-state index contributed by atoms with van der Waals surface area (Å²) in [6.45, 7) is -3.19. The lowest BCUT2D eigenvalue weighted by molar-refractivity contribution is 0.495. The van der Waals surface area contributed by atoms with Gasteiger partial charge in [-0.1, -0.05) is 30.3 Å². The Morgan fingerprint density at radius 3 is 2.55 bits per heavy atom. The van der Waals surface area contributed by atoms with Crippen LogP contribution < -0.4 is 21.3 Å². The summed E-state index contributed by atoms with van der Waals surface area (Å²) in [6.07, 6.45) is 0. The number of hydrogen-bond donors (Lipinski definition) is 3. The highest BCUT2D eigenvalue weighted by atomic mass is 32.5. The van der Waals surface area contributed by atoms with E-state index in [2.05, 4.69) is 4.99 Å². The van der Waals surface area contributed by atoms with Gasteiger partial charge in [0.25, 0.3) is 6.49 Å². The van der Waals surface area contributed by atoms with Crippen molar-refractivity contribution in [2.75, 3.05) is 0 Å². The van der Waals surface area contributed by atoms with Gasteiger partial charge >= 0.3 is 0 Å². The van der Waals surface area contributed by atoms with E-state index in [9.17, 15) is 4.89 Å². The fourth-order valence-corrected chi connectivity index (χ4v) is 4.47. The van der Waals surface area contributed by atoms with Crippen molar-refractivity contribution in [2.24, 2.45) is 16.5 Å². The minimum atomic E-state index is -3.19. The molecule has 3 rings (SSSR count). The highest BCUT2D eigenvalue weighted by molar-refractivity contribution is 8.13. The van der Waals surface area contributed by atoms with E-state index in [0.29, 0.717) is 16.7 Å². The molecule has 1 aliphatic heterocycles. The lowest BCUT2D eigenvalue weighted by Crippen LogP contribution is -2.24. The molecule has 2 aromatic rings. The second-order valence-corrected chi connectivity index (χ2v) is 7.47. The van der Waals surface area contributed by atoms with Crippen LogP contribution in [0.1, 0.15) is 0 Å². The molecule has 1 atom stereocenters. The third-order valence-electron chi connectivity index (χ3n) is 2.95. The Balaban J connectivity index is 2.36. The van der Waals surface area contributed by atoms with Gasteiger partial charge in [-0.25, -0.2) is 4.99 Å². The second-order valence-electron chi connectivity index (χ2n) is 4.32. The Kier molecular flexibility index (Phi) is 3.01. The Hall–Kier alpha value is -1.88. The molecule has 5 nitrogen and oxygen atoms in total. The van der Waals surface area contributed by atoms with Crippen LogP contribution in [-0.2, 0) is 11.8 Å². The van der Waals surface area contributed by atoms with Gasteiger partial charge in [0.05, 0.1) is 11.0 Å². The Morgan fingerprint density at radius 1 is 1.10 bits per heavy atom. The average Bonchev–Trinajstić information content (AvgIpc) is 2.37. The predicted octanol–water partition coefficient (Wildman–Crippen LogP) is 1.58. The molecule has 20 heavy (non-hydrogen) atoms. The molecule has 0 spiro atoms. The summed E-state index contributed by atoms with van der Waals surface area (Å²) in [7, 11) is 0. The van der Waals surface area contributed by atoms with E-state index < -0.39 is 6.49 Å². The molecule has 0 amide bonds. The van der Waals surface area contributed by atoms with E-state index in [1.165, 1.54) is 0 Å². The number of hydrogen-bond acceptors (Lipinski definition) is 3. The molecule has 0 saturated heterocycles. The van der Waals surface area contributed by atoms with Crippen LogP contribution in [0.3, 0.4) is 0 Å². The van der Waals surface area contributed by atoms with Crippen molar-refractivity contribution in [3.05, 3.63) is 42.5 Å². The fraction of sp³-hybridized carbons (Fsp3) is 0. The molecule has 0 aliphatic carbocycles. The normalized spacial score (nSPS) is 19.4. The first-order chi connectivity index (χ1) is 9.49. The maximum atomic E-state index is 10.5. The molecule has 0 radical (unpaired) electrons. The number of rotatable bonds is 1. The third-order valence-corrected chi connectivity index (χ3v) is 5.20. The minimum absolute atomic E-state index is 0.0905. The maximum Gasteiger partial charge on any atom is 0.269 e. The summed E-state index contributed by atoms with van der Waals surface area (Å²) in [5.74, 6) is 0.486. The first-order valence-corrected chi connectivity index (χ1v) is 8.51. The van der Waals surface area contributed by atoms with Crippen molar-refractivity contribution in [3.63, 3.8) is 0 Å². The molecule has 1 aliphatic rings. The summed E-state index contributed by atoms with van der Waals surface area (Å²) in [6, 6.07) is 12.8. The van der Waals surface area contributed by atoms with E-state index in [-0.39, 0.29) is 5.96 Å². The molecule has 7 heteroatoms. The zero-order valence-electron chi connectivity index (χ0n) is 10.4. The molecule has 2 aromatic carbocycles. The van der Waals surface area contributed by atoms with Crippen LogP contribution in [0.25, 0.3) is 11.1 Å². The van der Waals surface area contributed by atoms with Crippen LogP contribution >= 0.6 is 6.49 Å². The lowest BCUT2D eigenvalue weighted by Gasteiger charge is -2.28. The Labute approximate surface area is 121 Å². The summed E-state index contributed by atoms with van der Waals surface area (Å²) in [5.41, 5.74) is 13.0. The van der Waals surface area contributed by atoms with Gasteiger partial charge in [-0.15, -0.1) is 0 Å². The minimum Gasteiger partial charge on any atom is -0.440 e. The molecular formula is C13H12N3O2PS. The molecule has 1 unspecified atom stereocenters. The van der Waals surface area contributed by atoms with Crippen molar-refractivity contribution in [1.82, 2.24) is 0 Å². The Morgan fingerprint density at radius 2 is 1.80 bits per heavy atom. The van der Waals surface area contributed by atoms with Crippen LogP contribution in [0.2, 0.25) is 0 Å². The number of nitrogens with two attached hydrogens (primary N) is 2. The number of para-hydroxylation sites is 1. The quantitative estimate of drug-likeness (QED) is 0.422. The summed E-state index contributed by atoms with van der Waals surface area (Å²) in [5, 5.41) is 0.488. The van der Waals surface area contributed by atoms with Gasteiger partial charge in [-0.05, 0) is 23.9 Å². The van der Waals surface area contributed by atoms with E-state index in [1.54, 1.807) is 12.1 Å². The van der Waals surface area contributed by atoms with Crippen LogP contribution in [-0.4, -0.2) is 10.9 Å². The predicted molar refractivity (Wildman–Crippen MR) is 84.1 cm³/mol. The number of fused-ring (bicyclic) bond motifs is 3. The van der Waals surface area contributed by atoms with Gasteiger partial charge in [0.15, 0.2) is 5.96 Å². The number of guanidine groups is 1. The van der Waals surface area contributed by atoms with Crippen molar-refractivity contribution < 1.29 is 9.42 Å². The molecule has 1 heterocycles. The lowest BCUT2D eigenvalue weighted by atomic mass is 10.0. The van der Waals surface area contributed by atoms with Crippen LogP contribution in [0.4, 0.5) is 5.69 Å². The second kappa shape index (κ2) is 4.59. The zero-order valence-corrected chi connectivity index (χ0v) is 12.1. The van der Waals surface area contributed by atoms with E-state index in [4.69, 9.17) is 27.8 Å². The van der Waals surface area contributed by atoms with Gasteiger partial charge in [0, 0.05) is 11.1 Å². The third kappa shape index (κ3) is 2.08. The standard InChI is InChI=1S/C13H12N3O2PS/c14-13(15)16-10-6-3-5-9-8-4-1-2-7-11(8)18-19(17,20)12(9)10/h1-7H,(H,17,20)(H4,14,15,16). The topological polar surface area (TPSA) is 93.9 Å². The smallest absolute Gasteiger partial charge is 0.269 e. The highest BCUT2D eigenvalue weighted by Crippen LogP contribution is 2.53. The van der Waals surface area contributed by atoms with Crippen molar-refractivity contribution in [2.45, 2.75) is 0 Å². The first-order valence-electron chi connectivity index (χ1n) is 5.84. The summed E-state index contributed by atoms with van der Waals surface area (Å²) >= 11 is 5.26. The summed E-state index contributed by atoms with van der Waals surface area (Å²) < 4.78 is 5.60. The molecule has 0 saturated carbocycles. The van der Waals surface area contributed by atoms with Gasteiger partial charge in [-0.2, -0.15) is 0 Å². The van der Waals surface area contributed by atoms with Gasteiger partial charge in [0.1, 0.15) is 5.75 Å².